The Morgan fingerprint density at radius 3 is 2.57 bits per heavy atom. The molecule has 0 aliphatic carbocycles. The summed E-state index contributed by atoms with van der Waals surface area (Å²) in [6.07, 6.45) is 0. The van der Waals surface area contributed by atoms with Crippen molar-refractivity contribution in [1.82, 2.24) is 4.98 Å². The van der Waals surface area contributed by atoms with E-state index in [1.54, 1.807) is 27.7 Å². The van der Waals surface area contributed by atoms with Crippen molar-refractivity contribution in [3.63, 3.8) is 0 Å². The fraction of sp³-hybridized carbons (Fsp3) is 0.348. The maximum atomic E-state index is 13.1. The highest BCUT2D eigenvalue weighted by Gasteiger charge is 2.39. The van der Waals surface area contributed by atoms with Crippen LogP contribution in [-0.2, 0) is 14.3 Å². The van der Waals surface area contributed by atoms with Gasteiger partial charge in [0.15, 0.2) is 0 Å². The van der Waals surface area contributed by atoms with E-state index >= 15 is 0 Å². The van der Waals surface area contributed by atoms with Crippen LogP contribution in [-0.4, -0.2) is 16.6 Å². The van der Waals surface area contributed by atoms with E-state index in [-0.39, 0.29) is 27.9 Å². The number of halogens is 1. The Bertz CT molecular complexity index is 1170. The van der Waals surface area contributed by atoms with E-state index in [9.17, 15) is 10.1 Å². The van der Waals surface area contributed by atoms with Crippen molar-refractivity contribution in [3.8, 4) is 6.07 Å². The highest BCUT2D eigenvalue weighted by atomic mass is 35.5. The number of allylic oxidation sites excluding steroid dienone is 2. The molecule has 1 aromatic heterocycles. The number of ether oxygens (including phenoxy) is 2. The van der Waals surface area contributed by atoms with Crippen molar-refractivity contribution in [2.24, 2.45) is 5.73 Å². The molecule has 1 aliphatic rings. The van der Waals surface area contributed by atoms with Crippen molar-refractivity contribution in [1.29, 1.82) is 5.26 Å². The zero-order chi connectivity index (χ0) is 22.4. The number of nitriles is 1. The van der Waals surface area contributed by atoms with Gasteiger partial charge in [0.05, 0.1) is 17.0 Å². The predicted molar refractivity (Wildman–Crippen MR) is 115 cm³/mol. The van der Waals surface area contributed by atoms with Crippen molar-refractivity contribution < 1.29 is 14.3 Å². The van der Waals surface area contributed by atoms with Gasteiger partial charge in [-0.2, -0.15) is 5.26 Å². The summed E-state index contributed by atoms with van der Waals surface area (Å²) in [5.41, 5.74) is 8.91. The van der Waals surface area contributed by atoms with E-state index in [0.29, 0.717) is 5.56 Å². The average molecular weight is 426 g/mol. The van der Waals surface area contributed by atoms with Crippen molar-refractivity contribution >= 4 is 28.5 Å². The van der Waals surface area contributed by atoms with Crippen LogP contribution in [0.2, 0.25) is 5.15 Å². The minimum absolute atomic E-state index is 0.0661. The van der Waals surface area contributed by atoms with Gasteiger partial charge in [-0.3, -0.25) is 0 Å². The van der Waals surface area contributed by atoms with Crippen molar-refractivity contribution in [2.45, 2.75) is 53.1 Å². The van der Waals surface area contributed by atoms with Crippen LogP contribution >= 0.6 is 11.6 Å². The molecule has 0 saturated heterocycles. The molecule has 2 N–H and O–H groups in total. The minimum Gasteiger partial charge on any atom is -0.456 e. The molecule has 0 spiro atoms. The van der Waals surface area contributed by atoms with E-state index in [1.807, 2.05) is 32.0 Å². The number of hydrogen-bond donors (Lipinski definition) is 1. The van der Waals surface area contributed by atoms with Crippen LogP contribution in [0.15, 0.2) is 41.0 Å². The van der Waals surface area contributed by atoms with Crippen LogP contribution < -0.4 is 5.73 Å². The summed E-state index contributed by atoms with van der Waals surface area (Å²) in [7, 11) is 0. The lowest BCUT2D eigenvalue weighted by Crippen LogP contribution is -2.30. The first-order valence-corrected chi connectivity index (χ1v) is 9.90. The number of rotatable bonds is 2. The molecule has 1 atom stereocenters. The van der Waals surface area contributed by atoms with Crippen molar-refractivity contribution in [3.05, 3.63) is 62.8 Å². The molecule has 2 heterocycles. The van der Waals surface area contributed by atoms with Gasteiger partial charge in [-0.05, 0) is 58.7 Å². The fourth-order valence-electron chi connectivity index (χ4n) is 3.47. The van der Waals surface area contributed by atoms with Gasteiger partial charge in [0.25, 0.3) is 0 Å². The molecule has 156 valence electrons. The third kappa shape index (κ3) is 3.86. The molecule has 1 aromatic carbocycles. The molecular weight excluding hydrogens is 402 g/mol. The molecule has 6 nitrogen and oxygen atoms in total. The van der Waals surface area contributed by atoms with Crippen LogP contribution in [0.3, 0.4) is 0 Å². The first-order valence-electron chi connectivity index (χ1n) is 9.52. The third-order valence-corrected chi connectivity index (χ3v) is 5.33. The second-order valence-corrected chi connectivity index (χ2v) is 8.70. The zero-order valence-electron chi connectivity index (χ0n) is 17.9. The zero-order valence-corrected chi connectivity index (χ0v) is 18.6. The SMILES string of the molecule is CC1=C(C(=O)OC(C)(C)C)[C@H](c2cc3ccc(C)c(C)c3nc2Cl)C(C#N)=C(N)O1. The summed E-state index contributed by atoms with van der Waals surface area (Å²) in [6.45, 7) is 10.9. The Kier molecular flexibility index (Phi) is 5.53. The molecule has 7 heteroatoms. The largest absolute Gasteiger partial charge is 0.456 e. The van der Waals surface area contributed by atoms with Crippen LogP contribution in [0.1, 0.15) is 50.3 Å². The maximum Gasteiger partial charge on any atom is 0.338 e. The van der Waals surface area contributed by atoms with E-state index in [0.717, 1.165) is 22.0 Å². The molecule has 3 rings (SSSR count). The second-order valence-electron chi connectivity index (χ2n) is 8.34. The second kappa shape index (κ2) is 7.66. The first-order chi connectivity index (χ1) is 13.9. The smallest absolute Gasteiger partial charge is 0.338 e. The van der Waals surface area contributed by atoms with Gasteiger partial charge in [0, 0.05) is 10.9 Å². The quantitative estimate of drug-likeness (QED) is 0.541. The highest BCUT2D eigenvalue weighted by Crippen LogP contribution is 2.43. The number of aromatic nitrogens is 1. The number of nitrogens with zero attached hydrogens (tertiary/aromatic N) is 2. The summed E-state index contributed by atoms with van der Waals surface area (Å²) >= 11 is 6.58. The molecule has 2 aromatic rings. The molecule has 0 saturated carbocycles. The number of fused-ring (bicyclic) bond motifs is 1. The number of carbonyl (C=O) groups is 1. The molecule has 0 bridgehead atoms. The number of nitrogens with two attached hydrogens (primary N) is 1. The summed E-state index contributed by atoms with van der Waals surface area (Å²) < 4.78 is 11.1. The van der Waals surface area contributed by atoms with Gasteiger partial charge in [-0.25, -0.2) is 9.78 Å². The van der Waals surface area contributed by atoms with Gasteiger partial charge in [-0.15, -0.1) is 0 Å². The van der Waals surface area contributed by atoms with E-state index < -0.39 is 17.5 Å². The summed E-state index contributed by atoms with van der Waals surface area (Å²) in [5.74, 6) is -1.24. The van der Waals surface area contributed by atoms with Gasteiger partial charge < -0.3 is 15.2 Å². The lowest BCUT2D eigenvalue weighted by molar-refractivity contribution is -0.150. The Hall–Kier alpha value is -3.04. The Labute approximate surface area is 180 Å². The van der Waals surface area contributed by atoms with E-state index in [1.165, 1.54) is 0 Å². The number of benzene rings is 1. The van der Waals surface area contributed by atoms with Crippen molar-refractivity contribution in [2.75, 3.05) is 0 Å². The number of aryl methyl sites for hydroxylation is 2. The Morgan fingerprint density at radius 2 is 1.97 bits per heavy atom. The monoisotopic (exact) mass is 425 g/mol. The lowest BCUT2D eigenvalue weighted by atomic mass is 9.83. The molecular formula is C23H24ClN3O3. The molecule has 0 amide bonds. The molecule has 30 heavy (non-hydrogen) atoms. The summed E-state index contributed by atoms with van der Waals surface area (Å²) in [6, 6.07) is 7.84. The van der Waals surface area contributed by atoms with Crippen LogP contribution in [0.5, 0.6) is 0 Å². The average Bonchev–Trinajstić information content (AvgIpc) is 2.63. The van der Waals surface area contributed by atoms with Crippen LogP contribution in [0.25, 0.3) is 10.9 Å². The number of carbonyl (C=O) groups excluding carboxylic acids is 1. The first kappa shape index (κ1) is 21.7. The van der Waals surface area contributed by atoms with E-state index in [4.69, 9.17) is 26.8 Å². The topological polar surface area (TPSA) is 98.2 Å². The fourth-order valence-corrected chi connectivity index (χ4v) is 3.72. The summed E-state index contributed by atoms with van der Waals surface area (Å²) in [5, 5.41) is 10.8. The third-order valence-electron chi connectivity index (χ3n) is 5.03. The highest BCUT2D eigenvalue weighted by molar-refractivity contribution is 6.31. The number of esters is 1. The Balaban J connectivity index is 2.26. The van der Waals surface area contributed by atoms with Gasteiger partial charge >= 0.3 is 5.97 Å². The van der Waals surface area contributed by atoms with E-state index in [2.05, 4.69) is 11.1 Å². The maximum absolute atomic E-state index is 13.1. The van der Waals surface area contributed by atoms with Crippen LogP contribution in [0.4, 0.5) is 0 Å². The molecule has 1 aliphatic heterocycles. The van der Waals surface area contributed by atoms with Crippen LogP contribution in [0, 0.1) is 25.2 Å². The van der Waals surface area contributed by atoms with Gasteiger partial charge in [0.2, 0.25) is 5.88 Å². The lowest BCUT2D eigenvalue weighted by Gasteiger charge is -2.29. The standard InChI is InChI=1S/C23H24ClN3O3/c1-11-7-8-14-9-15(20(24)27-19(14)12(11)2)18-16(10-25)21(26)29-13(3)17(18)22(28)30-23(4,5)6/h7-9,18H,26H2,1-6H3/t18-/m1/s1. The number of hydrogen-bond acceptors (Lipinski definition) is 6. The predicted octanol–water partition coefficient (Wildman–Crippen LogP) is 4.93. The number of pyridine rings is 1. The van der Waals surface area contributed by atoms with Gasteiger partial charge in [0.1, 0.15) is 28.2 Å². The molecule has 0 unspecified atom stereocenters. The molecule has 0 fully saturated rings. The Morgan fingerprint density at radius 1 is 1.30 bits per heavy atom. The van der Waals surface area contributed by atoms with Gasteiger partial charge in [-0.1, -0.05) is 23.7 Å². The summed E-state index contributed by atoms with van der Waals surface area (Å²) in [4.78, 5) is 17.6. The normalized spacial score (nSPS) is 17.1. The molecule has 0 radical (unpaired) electrons. The minimum atomic E-state index is -0.843.